The third kappa shape index (κ3) is 6.76. The first-order valence-electron chi connectivity index (χ1n) is 10.5. The fourth-order valence-corrected chi connectivity index (χ4v) is 3.93. The van der Waals surface area contributed by atoms with E-state index in [1.165, 1.54) is 0 Å². The van der Waals surface area contributed by atoms with E-state index in [2.05, 4.69) is 15.8 Å². The van der Waals surface area contributed by atoms with Crippen molar-refractivity contribution in [3.8, 4) is 0 Å². The number of aryl methyl sites for hydroxylation is 1. The lowest BCUT2D eigenvalue weighted by Gasteiger charge is -2.21. The molecule has 0 unspecified atom stereocenters. The van der Waals surface area contributed by atoms with Gasteiger partial charge in [0.2, 0.25) is 10.0 Å². The average Bonchev–Trinajstić information content (AvgIpc) is 2.82. The molecule has 8 nitrogen and oxygen atoms in total. The summed E-state index contributed by atoms with van der Waals surface area (Å²) in [5, 5.41) is 6.90. The molecule has 0 spiro atoms. The third-order valence-corrected chi connectivity index (χ3v) is 6.09. The maximum absolute atomic E-state index is 12.4. The van der Waals surface area contributed by atoms with Gasteiger partial charge in [0, 0.05) is 11.3 Å². The summed E-state index contributed by atoms with van der Waals surface area (Å²) in [4.78, 5) is 24.7. The minimum absolute atomic E-state index is 0.213. The quantitative estimate of drug-likeness (QED) is 0.381. The van der Waals surface area contributed by atoms with Gasteiger partial charge in [-0.05, 0) is 55.8 Å². The zero-order valence-corrected chi connectivity index (χ0v) is 20.0. The molecule has 0 aromatic heterocycles. The number of anilines is 2. The van der Waals surface area contributed by atoms with Gasteiger partial charge < -0.3 is 5.32 Å². The van der Waals surface area contributed by atoms with Crippen molar-refractivity contribution in [3.05, 3.63) is 95.6 Å². The number of benzene rings is 3. The van der Waals surface area contributed by atoms with Crippen LogP contribution >= 0.6 is 0 Å². The van der Waals surface area contributed by atoms with Crippen LogP contribution in [0.1, 0.15) is 28.4 Å². The van der Waals surface area contributed by atoms with Gasteiger partial charge in [0.25, 0.3) is 11.8 Å². The second-order valence-electron chi connectivity index (χ2n) is 7.73. The molecular formula is C25H26N4O4S. The van der Waals surface area contributed by atoms with Gasteiger partial charge in [0.1, 0.15) is 6.54 Å². The fourth-order valence-electron chi connectivity index (χ4n) is 3.08. The molecule has 0 aliphatic heterocycles. The predicted molar refractivity (Wildman–Crippen MR) is 135 cm³/mol. The molecule has 176 valence electrons. The fraction of sp³-hybridized carbons (Fsp3) is 0.160. The number of sulfonamides is 1. The molecular weight excluding hydrogens is 452 g/mol. The van der Waals surface area contributed by atoms with E-state index in [1.54, 1.807) is 79.7 Å². The monoisotopic (exact) mass is 478 g/mol. The van der Waals surface area contributed by atoms with Gasteiger partial charge >= 0.3 is 0 Å². The first-order chi connectivity index (χ1) is 16.1. The first kappa shape index (κ1) is 24.7. The molecule has 0 bridgehead atoms. The standard InChI is InChI=1S/C25H26N4O4S/c1-18-9-15-23(16-10-18)29(34(3,32)33)17-24(30)28-27-19(2)20-11-13-22(14-12-20)26-25(31)21-7-5-4-6-8-21/h4-16H,17H2,1-3H3,(H,26,31)(H,28,30)/b27-19-. The van der Waals surface area contributed by atoms with Gasteiger partial charge in [-0.1, -0.05) is 48.0 Å². The normalized spacial score (nSPS) is 11.6. The summed E-state index contributed by atoms with van der Waals surface area (Å²) >= 11 is 0. The number of nitrogens with zero attached hydrogens (tertiary/aromatic N) is 2. The number of hydrogen-bond donors (Lipinski definition) is 2. The molecule has 3 aromatic rings. The highest BCUT2D eigenvalue weighted by Gasteiger charge is 2.20. The van der Waals surface area contributed by atoms with Crippen molar-refractivity contribution in [2.45, 2.75) is 13.8 Å². The Hall–Kier alpha value is -3.98. The smallest absolute Gasteiger partial charge is 0.260 e. The Morgan fingerprint density at radius 1 is 0.882 bits per heavy atom. The lowest BCUT2D eigenvalue weighted by atomic mass is 10.1. The van der Waals surface area contributed by atoms with Crippen molar-refractivity contribution in [1.82, 2.24) is 5.43 Å². The van der Waals surface area contributed by atoms with E-state index in [4.69, 9.17) is 0 Å². The number of carbonyl (C=O) groups is 2. The topological polar surface area (TPSA) is 108 Å². The number of hydrogen-bond acceptors (Lipinski definition) is 5. The Balaban J connectivity index is 1.62. The molecule has 9 heteroatoms. The Morgan fingerprint density at radius 3 is 2.09 bits per heavy atom. The maximum Gasteiger partial charge on any atom is 0.260 e. The molecule has 3 aromatic carbocycles. The van der Waals surface area contributed by atoms with Crippen LogP contribution in [0.15, 0.2) is 84.0 Å². The van der Waals surface area contributed by atoms with E-state index < -0.39 is 22.5 Å². The van der Waals surface area contributed by atoms with Crippen LogP contribution in [-0.2, 0) is 14.8 Å². The zero-order valence-electron chi connectivity index (χ0n) is 19.1. The maximum atomic E-state index is 12.4. The number of carbonyl (C=O) groups excluding carboxylic acids is 2. The predicted octanol–water partition coefficient (Wildman–Crippen LogP) is 3.55. The van der Waals surface area contributed by atoms with Crippen molar-refractivity contribution < 1.29 is 18.0 Å². The summed E-state index contributed by atoms with van der Waals surface area (Å²) in [7, 11) is -3.66. The third-order valence-electron chi connectivity index (χ3n) is 4.95. The summed E-state index contributed by atoms with van der Waals surface area (Å²) in [5.41, 5.74) is 6.22. The zero-order chi connectivity index (χ0) is 24.7. The Labute approximate surface area is 199 Å². The summed E-state index contributed by atoms with van der Waals surface area (Å²) in [6, 6.07) is 22.7. The van der Waals surface area contributed by atoms with E-state index in [-0.39, 0.29) is 5.91 Å². The number of hydrazone groups is 1. The SMILES string of the molecule is C/C(=N/NC(=O)CN(c1ccc(C)cc1)S(C)(=O)=O)c1ccc(NC(=O)c2ccccc2)cc1. The van der Waals surface area contributed by atoms with E-state index in [9.17, 15) is 18.0 Å². The summed E-state index contributed by atoms with van der Waals surface area (Å²) in [6.45, 7) is 3.21. The molecule has 3 rings (SSSR count). The van der Waals surface area contributed by atoms with Gasteiger partial charge in [-0.2, -0.15) is 5.10 Å². The Bertz CT molecular complexity index is 1290. The molecule has 0 heterocycles. The summed E-state index contributed by atoms with van der Waals surface area (Å²) in [6.07, 6.45) is 1.05. The first-order valence-corrected chi connectivity index (χ1v) is 12.3. The lowest BCUT2D eigenvalue weighted by molar-refractivity contribution is -0.119. The van der Waals surface area contributed by atoms with E-state index in [1.807, 2.05) is 13.0 Å². The van der Waals surface area contributed by atoms with Crippen molar-refractivity contribution in [3.63, 3.8) is 0 Å². The van der Waals surface area contributed by atoms with Crippen LogP contribution in [0.25, 0.3) is 0 Å². The van der Waals surface area contributed by atoms with Crippen molar-refractivity contribution >= 4 is 38.9 Å². The second kappa shape index (κ2) is 10.8. The van der Waals surface area contributed by atoms with Crippen molar-refractivity contribution in [2.75, 3.05) is 22.4 Å². The lowest BCUT2D eigenvalue weighted by Crippen LogP contribution is -2.39. The van der Waals surface area contributed by atoms with Crippen LogP contribution in [0, 0.1) is 6.92 Å². The molecule has 0 fully saturated rings. The second-order valence-corrected chi connectivity index (χ2v) is 9.64. The highest BCUT2D eigenvalue weighted by molar-refractivity contribution is 7.92. The number of rotatable bonds is 8. The average molecular weight is 479 g/mol. The van der Waals surface area contributed by atoms with Crippen LogP contribution < -0.4 is 15.0 Å². The number of amides is 2. The minimum atomic E-state index is -3.66. The van der Waals surface area contributed by atoms with Crippen molar-refractivity contribution in [1.29, 1.82) is 0 Å². The van der Waals surface area contributed by atoms with Gasteiger partial charge in [-0.15, -0.1) is 0 Å². The highest BCUT2D eigenvalue weighted by atomic mass is 32.2. The van der Waals surface area contributed by atoms with Gasteiger partial charge in [-0.25, -0.2) is 13.8 Å². The molecule has 2 amide bonds. The molecule has 34 heavy (non-hydrogen) atoms. The largest absolute Gasteiger partial charge is 0.322 e. The number of nitrogens with one attached hydrogen (secondary N) is 2. The molecule has 0 saturated carbocycles. The van der Waals surface area contributed by atoms with Crippen LogP contribution in [0.5, 0.6) is 0 Å². The van der Waals surface area contributed by atoms with Gasteiger partial charge in [0.15, 0.2) is 0 Å². The highest BCUT2D eigenvalue weighted by Crippen LogP contribution is 2.18. The van der Waals surface area contributed by atoms with Gasteiger partial charge in [0.05, 0.1) is 17.7 Å². The van der Waals surface area contributed by atoms with E-state index in [0.29, 0.717) is 22.6 Å². The molecule has 0 aliphatic rings. The van der Waals surface area contributed by atoms with Crippen LogP contribution in [0.3, 0.4) is 0 Å². The van der Waals surface area contributed by atoms with Gasteiger partial charge in [-0.3, -0.25) is 13.9 Å². The molecule has 0 atom stereocenters. The minimum Gasteiger partial charge on any atom is -0.322 e. The summed E-state index contributed by atoms with van der Waals surface area (Å²) < 4.78 is 25.4. The van der Waals surface area contributed by atoms with E-state index in [0.717, 1.165) is 21.7 Å². The molecule has 2 N–H and O–H groups in total. The molecule has 0 saturated heterocycles. The summed E-state index contributed by atoms with van der Waals surface area (Å²) in [5.74, 6) is -0.785. The van der Waals surface area contributed by atoms with Crippen LogP contribution in [0.2, 0.25) is 0 Å². The van der Waals surface area contributed by atoms with Crippen LogP contribution in [-0.4, -0.2) is 38.7 Å². The Morgan fingerprint density at radius 2 is 1.50 bits per heavy atom. The molecule has 0 aliphatic carbocycles. The molecule has 0 radical (unpaired) electrons. The van der Waals surface area contributed by atoms with Crippen molar-refractivity contribution in [2.24, 2.45) is 5.10 Å². The Kier molecular flexibility index (Phi) is 7.80. The van der Waals surface area contributed by atoms with E-state index >= 15 is 0 Å². The van der Waals surface area contributed by atoms with Crippen LogP contribution in [0.4, 0.5) is 11.4 Å².